The lowest BCUT2D eigenvalue weighted by Gasteiger charge is -2.24. The van der Waals surface area contributed by atoms with Crippen molar-refractivity contribution in [3.63, 3.8) is 0 Å². The molecule has 1 aliphatic rings. The van der Waals surface area contributed by atoms with E-state index >= 15 is 0 Å². The number of fused-ring (bicyclic) bond motifs is 3. The van der Waals surface area contributed by atoms with Gasteiger partial charge in [-0.15, -0.1) is 0 Å². The van der Waals surface area contributed by atoms with E-state index in [1.165, 1.54) is 0 Å². The van der Waals surface area contributed by atoms with Crippen LogP contribution in [0.1, 0.15) is 43.2 Å². The molecular formula is C24H25F3N2O5. The van der Waals surface area contributed by atoms with Gasteiger partial charge in [-0.25, -0.2) is 4.79 Å². The average molecular weight is 478 g/mol. The first-order valence-electron chi connectivity index (χ1n) is 10.8. The Morgan fingerprint density at radius 1 is 1.00 bits per heavy atom. The predicted molar refractivity (Wildman–Crippen MR) is 117 cm³/mol. The molecule has 0 aromatic heterocycles. The summed E-state index contributed by atoms with van der Waals surface area (Å²) in [5, 5.41) is 12.7. The van der Waals surface area contributed by atoms with Crippen LogP contribution < -0.4 is 10.6 Å². The molecule has 182 valence electrons. The monoisotopic (exact) mass is 478 g/mol. The van der Waals surface area contributed by atoms with Crippen LogP contribution in [0.15, 0.2) is 48.5 Å². The van der Waals surface area contributed by atoms with Gasteiger partial charge in [-0.05, 0) is 28.7 Å². The van der Waals surface area contributed by atoms with E-state index in [1.807, 2.05) is 48.5 Å². The van der Waals surface area contributed by atoms with Gasteiger partial charge in [0.2, 0.25) is 5.91 Å². The smallest absolute Gasteiger partial charge is 0.409 e. The average Bonchev–Trinajstić information content (AvgIpc) is 3.10. The van der Waals surface area contributed by atoms with Crippen LogP contribution in [0.4, 0.5) is 18.0 Å². The van der Waals surface area contributed by atoms with Crippen molar-refractivity contribution in [1.82, 2.24) is 10.6 Å². The Bertz CT molecular complexity index is 1010. The number of alkyl carbamates (subject to hydrolysis) is 1. The van der Waals surface area contributed by atoms with Crippen LogP contribution in [-0.4, -0.2) is 47.9 Å². The van der Waals surface area contributed by atoms with E-state index in [0.29, 0.717) is 6.42 Å². The van der Waals surface area contributed by atoms with Gasteiger partial charge in [0.15, 0.2) is 0 Å². The summed E-state index contributed by atoms with van der Waals surface area (Å²) in [6, 6.07) is 11.6. The summed E-state index contributed by atoms with van der Waals surface area (Å²) < 4.78 is 44.7. The summed E-state index contributed by atoms with van der Waals surface area (Å²) in [5.74, 6) is -3.06. The molecule has 1 aliphatic carbocycles. The Kier molecular flexibility index (Phi) is 7.80. The van der Waals surface area contributed by atoms with E-state index < -0.39 is 42.7 Å². The molecule has 7 nitrogen and oxygen atoms in total. The van der Waals surface area contributed by atoms with Crippen molar-refractivity contribution in [3.8, 4) is 11.1 Å². The molecule has 34 heavy (non-hydrogen) atoms. The highest BCUT2D eigenvalue weighted by atomic mass is 19.4. The third-order valence-corrected chi connectivity index (χ3v) is 5.62. The van der Waals surface area contributed by atoms with Gasteiger partial charge in [0.1, 0.15) is 18.7 Å². The molecule has 2 aromatic carbocycles. The van der Waals surface area contributed by atoms with E-state index in [0.717, 1.165) is 22.3 Å². The molecule has 2 atom stereocenters. The number of carbonyl (C=O) groups excluding carboxylic acids is 2. The molecule has 2 amide bonds. The van der Waals surface area contributed by atoms with Crippen LogP contribution in [0.2, 0.25) is 0 Å². The van der Waals surface area contributed by atoms with Gasteiger partial charge in [0.25, 0.3) is 0 Å². The second-order valence-electron chi connectivity index (χ2n) is 8.01. The summed E-state index contributed by atoms with van der Waals surface area (Å²) in [6.07, 6.45) is -6.78. The number of hydrogen-bond acceptors (Lipinski definition) is 4. The van der Waals surface area contributed by atoms with Gasteiger partial charge in [-0.1, -0.05) is 61.9 Å². The molecule has 0 saturated heterocycles. The lowest BCUT2D eigenvalue weighted by molar-refractivity contribution is -0.170. The molecule has 10 heteroatoms. The van der Waals surface area contributed by atoms with Crippen molar-refractivity contribution in [2.75, 3.05) is 6.61 Å². The van der Waals surface area contributed by atoms with Crippen molar-refractivity contribution < 1.29 is 37.4 Å². The van der Waals surface area contributed by atoms with Crippen molar-refractivity contribution >= 4 is 18.0 Å². The Balaban J connectivity index is 1.65. The Morgan fingerprint density at radius 3 is 2.06 bits per heavy atom. The van der Waals surface area contributed by atoms with Crippen molar-refractivity contribution in [1.29, 1.82) is 0 Å². The summed E-state index contributed by atoms with van der Waals surface area (Å²) in [5.41, 5.74) is 4.04. The lowest BCUT2D eigenvalue weighted by atomic mass is 9.98. The second kappa shape index (κ2) is 10.6. The molecule has 0 bridgehead atoms. The Labute approximate surface area is 194 Å². The fourth-order valence-electron chi connectivity index (χ4n) is 4.04. The van der Waals surface area contributed by atoms with Crippen LogP contribution in [0, 0.1) is 0 Å². The number of amides is 2. The highest BCUT2D eigenvalue weighted by Crippen LogP contribution is 2.44. The molecule has 0 radical (unpaired) electrons. The van der Waals surface area contributed by atoms with Crippen LogP contribution in [-0.2, 0) is 14.3 Å². The van der Waals surface area contributed by atoms with E-state index in [2.05, 4.69) is 5.32 Å². The number of benzene rings is 2. The van der Waals surface area contributed by atoms with Crippen LogP contribution in [0.5, 0.6) is 0 Å². The quantitative estimate of drug-likeness (QED) is 0.501. The number of nitrogens with one attached hydrogen (secondary N) is 2. The zero-order chi connectivity index (χ0) is 24.9. The van der Waals surface area contributed by atoms with Crippen LogP contribution in [0.25, 0.3) is 11.1 Å². The highest BCUT2D eigenvalue weighted by Gasteiger charge is 2.43. The minimum atomic E-state index is -4.95. The number of carbonyl (C=O) groups is 3. The zero-order valence-corrected chi connectivity index (χ0v) is 18.4. The second-order valence-corrected chi connectivity index (χ2v) is 8.01. The first-order chi connectivity index (χ1) is 16.1. The van der Waals surface area contributed by atoms with Crippen molar-refractivity contribution in [3.05, 3.63) is 59.7 Å². The molecule has 0 spiro atoms. The maximum absolute atomic E-state index is 13.1. The van der Waals surface area contributed by atoms with E-state index in [-0.39, 0.29) is 18.9 Å². The first kappa shape index (κ1) is 25.1. The number of hydrogen-bond donors (Lipinski definition) is 3. The number of alkyl halides is 3. The maximum Gasteiger partial charge on any atom is 0.409 e. The number of carboxylic acids is 1. The van der Waals surface area contributed by atoms with Gasteiger partial charge in [-0.3, -0.25) is 9.59 Å². The third-order valence-electron chi connectivity index (χ3n) is 5.62. The van der Waals surface area contributed by atoms with Gasteiger partial charge in [0, 0.05) is 5.92 Å². The third kappa shape index (κ3) is 5.86. The van der Waals surface area contributed by atoms with Crippen LogP contribution in [0.3, 0.4) is 0 Å². The number of carboxylic acid groups (broad SMARTS) is 1. The number of halogens is 3. The Hall–Kier alpha value is -3.56. The summed E-state index contributed by atoms with van der Waals surface area (Å²) in [7, 11) is 0. The summed E-state index contributed by atoms with van der Waals surface area (Å²) in [4.78, 5) is 35.6. The zero-order valence-electron chi connectivity index (χ0n) is 18.4. The number of rotatable bonds is 9. The molecule has 3 rings (SSSR count). The molecule has 0 heterocycles. The van der Waals surface area contributed by atoms with Crippen molar-refractivity contribution in [2.24, 2.45) is 0 Å². The SMILES string of the molecule is CCCC(NC(=O)OCC1c2ccccc2-c2ccccc21)C(=O)NC(CC(=O)O)C(F)(F)F. The minimum Gasteiger partial charge on any atom is -0.481 e. The van der Waals surface area contributed by atoms with Gasteiger partial charge < -0.3 is 20.5 Å². The minimum absolute atomic E-state index is 0.0233. The van der Waals surface area contributed by atoms with Gasteiger partial charge in [-0.2, -0.15) is 13.2 Å². The molecule has 0 aliphatic heterocycles. The number of aliphatic carboxylic acids is 1. The van der Waals surface area contributed by atoms with E-state index in [1.54, 1.807) is 12.2 Å². The fraction of sp³-hybridized carbons (Fsp3) is 0.375. The van der Waals surface area contributed by atoms with E-state index in [9.17, 15) is 27.6 Å². The largest absolute Gasteiger partial charge is 0.481 e. The van der Waals surface area contributed by atoms with Crippen LogP contribution >= 0.6 is 0 Å². The van der Waals surface area contributed by atoms with Gasteiger partial charge >= 0.3 is 18.2 Å². The maximum atomic E-state index is 13.1. The summed E-state index contributed by atoms with van der Waals surface area (Å²) in [6.45, 7) is 1.67. The molecule has 2 unspecified atom stereocenters. The highest BCUT2D eigenvalue weighted by molar-refractivity contribution is 5.86. The Morgan fingerprint density at radius 2 is 1.56 bits per heavy atom. The van der Waals surface area contributed by atoms with Gasteiger partial charge in [0.05, 0.1) is 6.42 Å². The topological polar surface area (TPSA) is 105 Å². The standard InChI is InChI=1S/C24H25F3N2O5/c1-2-7-19(22(32)29-20(12-21(30)31)24(25,26)27)28-23(33)34-13-18-16-10-5-3-8-14(16)15-9-4-6-11-17(15)18/h3-6,8-11,18-20H,2,7,12-13H2,1H3,(H,28,33)(H,29,32)(H,30,31). The first-order valence-corrected chi connectivity index (χ1v) is 10.8. The molecule has 2 aromatic rings. The summed E-state index contributed by atoms with van der Waals surface area (Å²) >= 11 is 0. The lowest BCUT2D eigenvalue weighted by Crippen LogP contribution is -2.54. The van der Waals surface area contributed by atoms with E-state index in [4.69, 9.17) is 9.84 Å². The normalized spacial score (nSPS) is 14.5. The predicted octanol–water partition coefficient (Wildman–Crippen LogP) is 4.22. The van der Waals surface area contributed by atoms with Crippen molar-refractivity contribution in [2.45, 2.75) is 50.4 Å². The molecule has 3 N–H and O–H groups in total. The number of ether oxygens (including phenoxy) is 1. The molecule has 0 fully saturated rings. The fourth-order valence-corrected chi connectivity index (χ4v) is 4.04. The molecular weight excluding hydrogens is 453 g/mol. The molecule has 0 saturated carbocycles.